The van der Waals surface area contributed by atoms with Gasteiger partial charge in [0.1, 0.15) is 0 Å². The molecule has 2 amide bonds. The highest BCUT2D eigenvalue weighted by Crippen LogP contribution is 2.43. The van der Waals surface area contributed by atoms with Crippen LogP contribution in [0.25, 0.3) is 0 Å². The van der Waals surface area contributed by atoms with Gasteiger partial charge in [0.25, 0.3) is 5.91 Å². The van der Waals surface area contributed by atoms with Crippen molar-refractivity contribution in [1.29, 1.82) is 5.26 Å². The third kappa shape index (κ3) is 6.55. The number of nitriles is 1. The van der Waals surface area contributed by atoms with Gasteiger partial charge in [-0.25, -0.2) is 0 Å². The fourth-order valence-corrected chi connectivity index (χ4v) is 5.14. The number of para-hydroxylation sites is 1. The first kappa shape index (κ1) is 27.6. The largest absolute Gasteiger partial charge is 0.504 e. The molecule has 0 bridgehead atoms. The lowest BCUT2D eigenvalue weighted by Crippen LogP contribution is -2.31. The van der Waals surface area contributed by atoms with Crippen LogP contribution in [0.5, 0.6) is 11.5 Å². The maximum atomic E-state index is 13.5. The number of amides is 2. The molecule has 39 heavy (non-hydrogen) atoms. The standard InChI is InChI=1S/C29H25ClN4O4S/c1-17-26(28(37)34-20-6-4-3-5-7-20)27(18-8-13-23(35)24(14-18)38-2)22(15-31)29(32-17)39-16-25(36)33-21-11-9-19(30)10-12-21/h3-14,27,32,35H,16H2,1-2H3,(H,33,36)(H,34,37). The minimum absolute atomic E-state index is 0.0145. The maximum absolute atomic E-state index is 13.5. The Balaban J connectivity index is 1.67. The van der Waals surface area contributed by atoms with E-state index in [-0.39, 0.29) is 34.6 Å². The second-order valence-corrected chi connectivity index (χ2v) is 9.97. The number of halogens is 1. The number of dihydropyridines is 1. The molecule has 0 spiro atoms. The zero-order valence-corrected chi connectivity index (χ0v) is 22.7. The molecule has 0 fully saturated rings. The number of carbonyl (C=O) groups excluding carboxylic acids is 2. The van der Waals surface area contributed by atoms with Gasteiger partial charge < -0.3 is 25.8 Å². The number of hydrogen-bond acceptors (Lipinski definition) is 7. The number of nitrogens with one attached hydrogen (secondary N) is 3. The summed E-state index contributed by atoms with van der Waals surface area (Å²) in [6.45, 7) is 1.74. The Hall–Kier alpha value is -4.39. The van der Waals surface area contributed by atoms with Crippen LogP contribution < -0.4 is 20.7 Å². The third-order valence-electron chi connectivity index (χ3n) is 5.94. The van der Waals surface area contributed by atoms with Crippen molar-refractivity contribution in [3.63, 3.8) is 0 Å². The molecule has 4 rings (SSSR count). The highest BCUT2D eigenvalue weighted by atomic mass is 35.5. The van der Waals surface area contributed by atoms with E-state index in [0.29, 0.717) is 38.3 Å². The summed E-state index contributed by atoms with van der Waals surface area (Å²) in [6, 6.07) is 22.7. The van der Waals surface area contributed by atoms with Gasteiger partial charge >= 0.3 is 0 Å². The first-order valence-corrected chi connectivity index (χ1v) is 13.2. The molecule has 3 aromatic rings. The van der Waals surface area contributed by atoms with Gasteiger partial charge in [-0.15, -0.1) is 0 Å². The van der Waals surface area contributed by atoms with E-state index in [1.165, 1.54) is 13.2 Å². The second kappa shape index (κ2) is 12.4. The number of hydrogen-bond donors (Lipinski definition) is 4. The molecule has 0 radical (unpaired) electrons. The molecule has 0 saturated heterocycles. The number of phenolic OH excluding ortho intramolecular Hbond substituents is 1. The number of methoxy groups -OCH3 is 1. The summed E-state index contributed by atoms with van der Waals surface area (Å²) < 4.78 is 5.29. The molecule has 3 aromatic carbocycles. The topological polar surface area (TPSA) is 123 Å². The predicted octanol–water partition coefficient (Wildman–Crippen LogP) is 5.76. The SMILES string of the molecule is COc1cc(C2C(C#N)=C(SCC(=O)Nc3ccc(Cl)cc3)NC(C)=C2C(=O)Nc2ccccc2)ccc1O. The first-order valence-electron chi connectivity index (χ1n) is 11.8. The van der Waals surface area contributed by atoms with E-state index in [9.17, 15) is 20.0 Å². The molecule has 0 saturated carbocycles. The molecule has 4 N–H and O–H groups in total. The Morgan fingerprint density at radius 1 is 1.08 bits per heavy atom. The lowest BCUT2D eigenvalue weighted by Gasteiger charge is -2.30. The van der Waals surface area contributed by atoms with Gasteiger partial charge in [-0.3, -0.25) is 9.59 Å². The lowest BCUT2D eigenvalue weighted by atomic mass is 9.82. The van der Waals surface area contributed by atoms with Gasteiger partial charge in [-0.05, 0) is 61.0 Å². The Bertz CT molecular complexity index is 1500. The number of rotatable bonds is 8. The van der Waals surface area contributed by atoms with E-state index in [0.717, 1.165) is 11.8 Å². The third-order valence-corrected chi connectivity index (χ3v) is 7.21. The van der Waals surface area contributed by atoms with Crippen molar-refractivity contribution in [2.24, 2.45) is 0 Å². The van der Waals surface area contributed by atoms with Crippen LogP contribution in [0.4, 0.5) is 11.4 Å². The Morgan fingerprint density at radius 2 is 1.77 bits per heavy atom. The zero-order chi connectivity index (χ0) is 27.9. The molecule has 198 valence electrons. The Labute approximate surface area is 235 Å². The van der Waals surface area contributed by atoms with Crippen molar-refractivity contribution in [2.75, 3.05) is 23.5 Å². The van der Waals surface area contributed by atoms with Gasteiger partial charge in [-0.1, -0.05) is 47.6 Å². The average molecular weight is 561 g/mol. The Kier molecular flexibility index (Phi) is 8.81. The van der Waals surface area contributed by atoms with E-state index in [4.69, 9.17) is 16.3 Å². The van der Waals surface area contributed by atoms with Gasteiger partial charge in [0.2, 0.25) is 5.91 Å². The number of thioether (sulfide) groups is 1. The summed E-state index contributed by atoms with van der Waals surface area (Å²) in [6.07, 6.45) is 0. The van der Waals surface area contributed by atoms with Crippen LogP contribution in [-0.4, -0.2) is 29.8 Å². The number of nitrogens with zero attached hydrogens (tertiary/aromatic N) is 1. The van der Waals surface area contributed by atoms with E-state index in [2.05, 4.69) is 22.0 Å². The van der Waals surface area contributed by atoms with Crippen LogP contribution >= 0.6 is 23.4 Å². The average Bonchev–Trinajstić information content (AvgIpc) is 2.93. The van der Waals surface area contributed by atoms with Crippen LogP contribution in [0.3, 0.4) is 0 Å². The summed E-state index contributed by atoms with van der Waals surface area (Å²) in [5.74, 6) is -1.29. The second-order valence-electron chi connectivity index (χ2n) is 8.55. The number of phenols is 1. The first-order chi connectivity index (χ1) is 18.8. The summed E-state index contributed by atoms with van der Waals surface area (Å²) in [5.41, 5.74) is 2.89. The molecule has 1 atom stereocenters. The van der Waals surface area contributed by atoms with Crippen LogP contribution in [0.2, 0.25) is 5.02 Å². The Morgan fingerprint density at radius 3 is 2.44 bits per heavy atom. The van der Waals surface area contributed by atoms with Gasteiger partial charge in [0, 0.05) is 27.7 Å². The molecule has 0 aliphatic carbocycles. The van der Waals surface area contributed by atoms with Crippen LogP contribution in [0.1, 0.15) is 18.4 Å². The molecule has 1 heterocycles. The van der Waals surface area contributed by atoms with Gasteiger partial charge in [-0.2, -0.15) is 5.26 Å². The van der Waals surface area contributed by atoms with E-state index in [1.807, 2.05) is 18.2 Å². The van der Waals surface area contributed by atoms with Crippen molar-refractivity contribution in [3.05, 3.63) is 105 Å². The fourth-order valence-electron chi connectivity index (χ4n) is 4.12. The minimum atomic E-state index is -0.781. The quantitative estimate of drug-likeness (QED) is 0.276. The molecule has 1 unspecified atom stereocenters. The summed E-state index contributed by atoms with van der Waals surface area (Å²) >= 11 is 7.07. The normalized spacial score (nSPS) is 14.8. The van der Waals surface area contributed by atoms with E-state index < -0.39 is 5.92 Å². The van der Waals surface area contributed by atoms with Crippen molar-refractivity contribution in [3.8, 4) is 17.6 Å². The molecule has 1 aliphatic rings. The summed E-state index contributed by atoms with van der Waals surface area (Å²) in [7, 11) is 1.42. The maximum Gasteiger partial charge on any atom is 0.254 e. The van der Waals surface area contributed by atoms with Gasteiger partial charge in [0.15, 0.2) is 11.5 Å². The highest BCUT2D eigenvalue weighted by molar-refractivity contribution is 8.03. The van der Waals surface area contributed by atoms with Crippen molar-refractivity contribution in [2.45, 2.75) is 12.8 Å². The van der Waals surface area contributed by atoms with Crippen LogP contribution in [0, 0.1) is 11.3 Å². The van der Waals surface area contributed by atoms with Crippen LogP contribution in [0.15, 0.2) is 94.7 Å². The smallest absolute Gasteiger partial charge is 0.254 e. The number of benzene rings is 3. The molecule has 1 aliphatic heterocycles. The van der Waals surface area contributed by atoms with Gasteiger partial charge in [0.05, 0.1) is 35.5 Å². The summed E-state index contributed by atoms with van der Waals surface area (Å²) in [4.78, 5) is 26.2. The number of allylic oxidation sites excluding steroid dienone is 2. The highest BCUT2D eigenvalue weighted by Gasteiger charge is 2.35. The molecular weight excluding hydrogens is 536 g/mol. The molecule has 10 heteroatoms. The lowest BCUT2D eigenvalue weighted by molar-refractivity contribution is -0.114. The molecular formula is C29H25ClN4O4S. The number of ether oxygens (including phenoxy) is 1. The number of carbonyl (C=O) groups is 2. The summed E-state index contributed by atoms with van der Waals surface area (Å²) in [5, 5.41) is 30.3. The minimum Gasteiger partial charge on any atom is -0.504 e. The zero-order valence-electron chi connectivity index (χ0n) is 21.1. The van der Waals surface area contributed by atoms with E-state index >= 15 is 0 Å². The van der Waals surface area contributed by atoms with E-state index in [1.54, 1.807) is 55.5 Å². The van der Waals surface area contributed by atoms with Crippen LogP contribution in [-0.2, 0) is 9.59 Å². The van der Waals surface area contributed by atoms with Crippen molar-refractivity contribution >= 4 is 46.6 Å². The van der Waals surface area contributed by atoms with Crippen molar-refractivity contribution < 1.29 is 19.4 Å². The number of anilines is 2. The van der Waals surface area contributed by atoms with Crippen molar-refractivity contribution in [1.82, 2.24) is 5.32 Å². The number of aromatic hydroxyl groups is 1. The predicted molar refractivity (Wildman–Crippen MR) is 153 cm³/mol. The molecule has 0 aromatic heterocycles. The molecule has 8 nitrogen and oxygen atoms in total. The fraction of sp³-hybridized carbons (Fsp3) is 0.138. The monoisotopic (exact) mass is 560 g/mol.